The molecule has 0 amide bonds. The largest absolute Gasteiger partial charge is 0.435 e. The molecule has 0 N–H and O–H groups in total. The van der Waals surface area contributed by atoms with E-state index in [1.807, 2.05) is 11.3 Å². The first-order chi connectivity index (χ1) is 6.33. The summed E-state index contributed by atoms with van der Waals surface area (Å²) in [5, 5.41) is 1.30. The van der Waals surface area contributed by atoms with Gasteiger partial charge in [0.2, 0.25) is 10.5 Å². The van der Waals surface area contributed by atoms with Crippen molar-refractivity contribution in [2.45, 2.75) is 13.5 Å². The molecule has 1 radical (unpaired) electrons. The average Bonchev–Trinajstić information content (AvgIpc) is 2.44. The molecule has 1 aromatic carbocycles. The van der Waals surface area contributed by atoms with Crippen LogP contribution in [0.15, 0.2) is 30.8 Å². The minimum absolute atomic E-state index is 0. The van der Waals surface area contributed by atoms with Gasteiger partial charge in [-0.3, -0.25) is 6.58 Å². The Bertz CT molecular complexity index is 447. The van der Waals surface area contributed by atoms with Crippen LogP contribution in [0.3, 0.4) is 0 Å². The zero-order valence-corrected chi connectivity index (χ0v) is 11.8. The Hall–Kier alpha value is -0.0461. The van der Waals surface area contributed by atoms with Crippen LogP contribution in [0, 0.1) is 13.0 Å². The van der Waals surface area contributed by atoms with Crippen molar-refractivity contribution in [3.05, 3.63) is 41.9 Å². The van der Waals surface area contributed by atoms with E-state index < -0.39 is 0 Å². The van der Waals surface area contributed by atoms with E-state index in [2.05, 4.69) is 48.4 Å². The molecule has 0 aliphatic carbocycles. The third kappa shape index (κ3) is 2.13. The van der Waals surface area contributed by atoms with Gasteiger partial charge in [0.15, 0.2) is 0 Å². The van der Waals surface area contributed by atoms with E-state index in [0.717, 1.165) is 6.54 Å². The number of benzene rings is 1. The second-order valence-electron chi connectivity index (χ2n) is 2.92. The summed E-state index contributed by atoms with van der Waals surface area (Å²) in [6, 6.07) is 8.41. The van der Waals surface area contributed by atoms with Crippen molar-refractivity contribution in [3.8, 4) is 0 Å². The summed E-state index contributed by atoms with van der Waals surface area (Å²) < 4.78 is 3.56. The minimum Gasteiger partial charge on any atom is -0.435 e. The summed E-state index contributed by atoms with van der Waals surface area (Å²) >= 11 is 1.81. The monoisotopic (exact) mass is 278 g/mol. The molecule has 0 saturated heterocycles. The average molecular weight is 278 g/mol. The van der Waals surface area contributed by atoms with Gasteiger partial charge >= 0.3 is 0 Å². The number of aromatic nitrogens is 1. The Kier molecular flexibility index (Phi) is 4.43. The van der Waals surface area contributed by atoms with Crippen molar-refractivity contribution in [1.29, 1.82) is 0 Å². The maximum atomic E-state index is 3.64. The summed E-state index contributed by atoms with van der Waals surface area (Å²) in [6.45, 7) is 6.54. The fraction of sp³-hybridized carbons (Fsp3) is 0.182. The zero-order chi connectivity index (χ0) is 9.26. The summed E-state index contributed by atoms with van der Waals surface area (Å²) in [5.41, 5.74) is 1.28. The molecule has 14 heavy (non-hydrogen) atoms. The Morgan fingerprint density at radius 2 is 2.14 bits per heavy atom. The standard InChI is InChI=1S/C11H11NS.Y/c1-3-8-12-9(2)13-11-7-5-4-6-10(11)12;/h4-7H,1,8H2,2H3;. The molecule has 0 aliphatic rings. The first kappa shape index (κ1) is 12.0. The van der Waals surface area contributed by atoms with Crippen LogP contribution in [0.1, 0.15) is 5.01 Å². The van der Waals surface area contributed by atoms with Gasteiger partial charge in [0.25, 0.3) is 0 Å². The van der Waals surface area contributed by atoms with Gasteiger partial charge < -0.3 is 6.08 Å². The Labute approximate surface area is 113 Å². The van der Waals surface area contributed by atoms with E-state index in [-0.39, 0.29) is 32.7 Å². The summed E-state index contributed by atoms with van der Waals surface area (Å²) in [4.78, 5) is 0. The summed E-state index contributed by atoms with van der Waals surface area (Å²) in [6.07, 6.45) is 2.92. The van der Waals surface area contributed by atoms with Crippen LogP contribution in [-0.4, -0.2) is 0 Å². The van der Waals surface area contributed by atoms with E-state index >= 15 is 0 Å². The molecule has 1 nitrogen and oxygen atoms in total. The van der Waals surface area contributed by atoms with Crippen LogP contribution in [-0.2, 0) is 39.3 Å². The third-order valence-corrected chi connectivity index (χ3v) is 3.14. The predicted octanol–water partition coefficient (Wildman–Crippen LogP) is 2.48. The number of allylic oxidation sites excluding steroid dienone is 1. The van der Waals surface area contributed by atoms with Gasteiger partial charge in [-0.15, -0.1) is 0 Å². The summed E-state index contributed by atoms with van der Waals surface area (Å²) in [7, 11) is 0. The molecular weight excluding hydrogens is 267 g/mol. The fourth-order valence-corrected chi connectivity index (χ4v) is 2.48. The van der Waals surface area contributed by atoms with Gasteiger partial charge in [0.05, 0.1) is 0 Å². The molecule has 2 aromatic rings. The van der Waals surface area contributed by atoms with Crippen molar-refractivity contribution in [2.24, 2.45) is 0 Å². The van der Waals surface area contributed by atoms with Crippen LogP contribution in [0.25, 0.3) is 10.2 Å². The van der Waals surface area contributed by atoms with Crippen molar-refractivity contribution in [3.63, 3.8) is 0 Å². The SMILES string of the molecule is C=[C-]C[n+]1c(C)sc2ccccc21.[Y]. The molecule has 3 heteroatoms. The molecule has 69 valence electrons. The quantitative estimate of drug-likeness (QED) is 0.587. The molecule has 0 fully saturated rings. The fourth-order valence-electron chi connectivity index (χ4n) is 1.46. The smallest absolute Gasteiger partial charge is 0.233 e. The van der Waals surface area contributed by atoms with Crippen LogP contribution in [0.4, 0.5) is 0 Å². The Morgan fingerprint density at radius 3 is 2.86 bits per heavy atom. The first-order valence-electron chi connectivity index (χ1n) is 4.21. The molecule has 0 saturated carbocycles. The van der Waals surface area contributed by atoms with E-state index in [1.165, 1.54) is 15.2 Å². The maximum Gasteiger partial charge on any atom is 0.233 e. The molecule has 0 spiro atoms. The summed E-state index contributed by atoms with van der Waals surface area (Å²) in [5.74, 6) is 0. The number of nitrogens with zero attached hydrogens (tertiary/aromatic N) is 1. The number of para-hydroxylation sites is 1. The van der Waals surface area contributed by atoms with E-state index in [0.29, 0.717) is 0 Å². The maximum absolute atomic E-state index is 3.64. The second kappa shape index (κ2) is 5.15. The number of fused-ring (bicyclic) bond motifs is 1. The van der Waals surface area contributed by atoms with Crippen LogP contribution < -0.4 is 4.57 Å². The molecule has 2 rings (SSSR count). The predicted molar refractivity (Wildman–Crippen MR) is 55.6 cm³/mol. The zero-order valence-electron chi connectivity index (χ0n) is 8.16. The Balaban J connectivity index is 0.000000980. The normalized spacial score (nSPS) is 9.79. The van der Waals surface area contributed by atoms with Crippen LogP contribution in [0.2, 0.25) is 0 Å². The van der Waals surface area contributed by atoms with E-state index in [1.54, 1.807) is 0 Å². The van der Waals surface area contributed by atoms with Crippen molar-refractivity contribution < 1.29 is 37.3 Å². The first-order valence-corrected chi connectivity index (χ1v) is 5.02. The molecule has 0 atom stereocenters. The van der Waals surface area contributed by atoms with E-state index in [4.69, 9.17) is 0 Å². The molecule has 0 aliphatic heterocycles. The molecule has 1 heterocycles. The van der Waals surface area contributed by atoms with Crippen molar-refractivity contribution in [1.82, 2.24) is 0 Å². The van der Waals surface area contributed by atoms with Crippen LogP contribution >= 0.6 is 11.3 Å². The topological polar surface area (TPSA) is 3.88 Å². The number of rotatable bonds is 2. The molecule has 0 unspecified atom stereocenters. The van der Waals surface area contributed by atoms with Gasteiger partial charge in [0.1, 0.15) is 4.70 Å². The number of hydrogen-bond acceptors (Lipinski definition) is 1. The van der Waals surface area contributed by atoms with Gasteiger partial charge in [-0.2, -0.15) is 0 Å². The number of aryl methyl sites for hydroxylation is 1. The van der Waals surface area contributed by atoms with Crippen molar-refractivity contribution >= 4 is 21.6 Å². The number of thiazole rings is 1. The van der Waals surface area contributed by atoms with Gasteiger partial charge in [0, 0.05) is 52.2 Å². The number of hydrogen-bond donors (Lipinski definition) is 0. The molecular formula is C11H11NSY. The Morgan fingerprint density at radius 1 is 1.43 bits per heavy atom. The van der Waals surface area contributed by atoms with E-state index in [9.17, 15) is 0 Å². The van der Waals surface area contributed by atoms with Gasteiger partial charge in [-0.1, -0.05) is 23.5 Å². The van der Waals surface area contributed by atoms with Gasteiger partial charge in [-0.25, -0.2) is 4.57 Å². The molecule has 0 bridgehead atoms. The second-order valence-corrected chi connectivity index (χ2v) is 4.16. The van der Waals surface area contributed by atoms with Gasteiger partial charge in [-0.05, 0) is 6.07 Å². The van der Waals surface area contributed by atoms with Crippen molar-refractivity contribution in [2.75, 3.05) is 0 Å². The minimum atomic E-state index is 0. The van der Waals surface area contributed by atoms with Crippen LogP contribution in [0.5, 0.6) is 0 Å². The molecule has 1 aromatic heterocycles. The third-order valence-electron chi connectivity index (χ3n) is 2.06.